The Bertz CT molecular complexity index is 274. The fourth-order valence-corrected chi connectivity index (χ4v) is 3.37. The van der Waals surface area contributed by atoms with Crippen molar-refractivity contribution in [3.63, 3.8) is 0 Å². The second-order valence-electron chi connectivity index (χ2n) is 4.86. The van der Waals surface area contributed by atoms with Crippen LogP contribution in [-0.4, -0.2) is 30.7 Å². The first kappa shape index (κ1) is 10.7. The average molecular weight is 209 g/mol. The van der Waals surface area contributed by atoms with Crippen molar-refractivity contribution < 1.29 is 14.7 Å². The van der Waals surface area contributed by atoms with E-state index < -0.39 is 12.0 Å². The number of nitrogens with one attached hydrogen (secondary N) is 1. The Morgan fingerprint density at radius 3 is 2.60 bits per heavy atom. The molecule has 2 saturated carbocycles. The van der Waals surface area contributed by atoms with Gasteiger partial charge in [0.05, 0.1) is 6.19 Å². The molecule has 2 fully saturated rings. The molecule has 2 rings (SSSR count). The van der Waals surface area contributed by atoms with Crippen molar-refractivity contribution in [2.45, 2.75) is 38.1 Å². The van der Waals surface area contributed by atoms with Gasteiger partial charge in [-0.15, -0.1) is 0 Å². The highest BCUT2D eigenvalue weighted by molar-refractivity contribution is 6.64. The first-order valence-electron chi connectivity index (χ1n) is 5.58. The summed E-state index contributed by atoms with van der Waals surface area (Å²) in [5.41, 5.74) is -0.0699. The summed E-state index contributed by atoms with van der Waals surface area (Å²) in [7, 11) is 0.142. The molecule has 2 aliphatic rings. The maximum atomic E-state index is 11.2. The summed E-state index contributed by atoms with van der Waals surface area (Å²) < 4.78 is 0. The van der Waals surface area contributed by atoms with Gasteiger partial charge in [0.2, 0.25) is 0 Å². The van der Waals surface area contributed by atoms with Crippen LogP contribution in [0.15, 0.2) is 0 Å². The maximum absolute atomic E-state index is 11.2. The van der Waals surface area contributed by atoms with Crippen molar-refractivity contribution in [2.24, 2.45) is 11.3 Å². The van der Waals surface area contributed by atoms with Gasteiger partial charge in [0.1, 0.15) is 6.04 Å². The number of aliphatic carboxylic acids is 1. The summed E-state index contributed by atoms with van der Waals surface area (Å²) in [4.78, 5) is 21.5. The Labute approximate surface area is 89.7 Å². The van der Waals surface area contributed by atoms with E-state index in [9.17, 15) is 14.7 Å². The average Bonchev–Trinajstić information content (AvgIpc) is 2.78. The van der Waals surface area contributed by atoms with E-state index in [1.54, 1.807) is 0 Å². The minimum atomic E-state index is -0.806. The topological polar surface area (TPSA) is 66.4 Å². The molecule has 0 aliphatic heterocycles. The number of carboxylic acid groups (broad SMARTS) is 1. The lowest BCUT2D eigenvalue weighted by Gasteiger charge is -2.33. The summed E-state index contributed by atoms with van der Waals surface area (Å²) in [5, 5.41) is 12.1. The van der Waals surface area contributed by atoms with Crippen LogP contribution in [0.5, 0.6) is 0 Å². The third kappa shape index (κ3) is 1.80. The molecule has 5 heteroatoms. The standard InChI is InChI=1S/C10H16BNO3/c13-6-11-12-8(9(14)15)10-3-1-7(5-10)2-4-10/h6-8,11-12H,1-5H2,(H,14,15)/t7?,8-,10?/m1/s1. The molecule has 0 saturated heterocycles. The predicted octanol–water partition coefficient (Wildman–Crippen LogP) is 0.151. The Hall–Kier alpha value is -0.835. The third-order valence-electron chi connectivity index (χ3n) is 4.06. The predicted molar refractivity (Wildman–Crippen MR) is 57.5 cm³/mol. The van der Waals surface area contributed by atoms with E-state index in [0.29, 0.717) is 0 Å². The van der Waals surface area contributed by atoms with Crippen LogP contribution in [0.3, 0.4) is 0 Å². The normalized spacial score (nSPS) is 35.1. The lowest BCUT2D eigenvalue weighted by Crippen LogP contribution is -2.50. The Morgan fingerprint density at radius 1 is 1.53 bits per heavy atom. The number of carboxylic acids is 1. The monoisotopic (exact) mass is 209 g/mol. The van der Waals surface area contributed by atoms with E-state index >= 15 is 0 Å². The Balaban J connectivity index is 2.09. The van der Waals surface area contributed by atoms with E-state index in [1.807, 2.05) is 0 Å². The van der Waals surface area contributed by atoms with Crippen molar-refractivity contribution in [1.29, 1.82) is 0 Å². The van der Waals surface area contributed by atoms with E-state index in [2.05, 4.69) is 5.23 Å². The number of hydrogen-bond acceptors (Lipinski definition) is 3. The molecule has 4 nitrogen and oxygen atoms in total. The van der Waals surface area contributed by atoms with Crippen LogP contribution in [-0.2, 0) is 9.59 Å². The van der Waals surface area contributed by atoms with Crippen LogP contribution >= 0.6 is 0 Å². The summed E-state index contributed by atoms with van der Waals surface area (Å²) >= 11 is 0. The third-order valence-corrected chi connectivity index (χ3v) is 4.06. The molecular weight excluding hydrogens is 193 g/mol. The zero-order chi connectivity index (χ0) is 10.9. The van der Waals surface area contributed by atoms with Crippen LogP contribution in [0.25, 0.3) is 0 Å². The van der Waals surface area contributed by atoms with Gasteiger partial charge in [0.15, 0.2) is 0 Å². The molecule has 0 unspecified atom stereocenters. The van der Waals surface area contributed by atoms with Crippen molar-refractivity contribution in [2.75, 3.05) is 0 Å². The smallest absolute Gasteiger partial charge is 0.320 e. The molecule has 1 atom stereocenters. The fourth-order valence-electron chi connectivity index (χ4n) is 3.37. The van der Waals surface area contributed by atoms with Gasteiger partial charge in [-0.05, 0) is 43.4 Å². The molecule has 2 bridgehead atoms. The number of fused-ring (bicyclic) bond motifs is 2. The van der Waals surface area contributed by atoms with Crippen LogP contribution in [0, 0.1) is 11.3 Å². The maximum Gasteiger partial charge on any atom is 0.320 e. The second kappa shape index (κ2) is 3.97. The second-order valence-corrected chi connectivity index (χ2v) is 4.86. The quantitative estimate of drug-likeness (QED) is 0.499. The fraction of sp³-hybridized carbons (Fsp3) is 0.800. The summed E-state index contributed by atoms with van der Waals surface area (Å²) in [6.07, 6.45) is 6.07. The molecule has 0 amide bonds. The van der Waals surface area contributed by atoms with Gasteiger partial charge in [0, 0.05) is 0 Å². The number of rotatable bonds is 5. The van der Waals surface area contributed by atoms with Gasteiger partial charge in [-0.25, -0.2) is 0 Å². The van der Waals surface area contributed by atoms with E-state index in [-0.39, 0.29) is 12.8 Å². The molecular formula is C10H16BNO3. The molecule has 15 heavy (non-hydrogen) atoms. The zero-order valence-corrected chi connectivity index (χ0v) is 8.74. The highest BCUT2D eigenvalue weighted by Gasteiger charge is 2.51. The van der Waals surface area contributed by atoms with E-state index in [4.69, 9.17) is 0 Å². The van der Waals surface area contributed by atoms with Crippen LogP contribution in [0.4, 0.5) is 0 Å². The van der Waals surface area contributed by atoms with Gasteiger partial charge in [0.25, 0.3) is 7.41 Å². The lowest BCUT2D eigenvalue weighted by molar-refractivity contribution is -0.142. The molecule has 2 aliphatic carbocycles. The Morgan fingerprint density at radius 2 is 2.20 bits per heavy atom. The summed E-state index contributed by atoms with van der Waals surface area (Å²) in [6, 6.07) is -0.532. The molecule has 0 aromatic heterocycles. The highest BCUT2D eigenvalue weighted by Crippen LogP contribution is 2.55. The minimum absolute atomic E-state index is 0.0699. The van der Waals surface area contributed by atoms with Gasteiger partial charge < -0.3 is 15.1 Å². The number of hydrogen-bond donors (Lipinski definition) is 2. The van der Waals surface area contributed by atoms with Gasteiger partial charge in [-0.1, -0.05) is 0 Å². The minimum Gasteiger partial charge on any atom is -0.480 e. The van der Waals surface area contributed by atoms with E-state index in [1.165, 1.54) is 0 Å². The van der Waals surface area contributed by atoms with Gasteiger partial charge >= 0.3 is 5.97 Å². The molecule has 0 aromatic rings. The molecule has 2 N–H and O–H groups in total. The molecule has 0 aromatic carbocycles. The summed E-state index contributed by atoms with van der Waals surface area (Å²) in [5.74, 6) is -0.0794. The van der Waals surface area contributed by atoms with Gasteiger partial charge in [-0.3, -0.25) is 4.79 Å². The molecule has 82 valence electrons. The van der Waals surface area contributed by atoms with Crippen LogP contribution in [0.2, 0.25) is 0 Å². The van der Waals surface area contributed by atoms with E-state index in [0.717, 1.165) is 44.2 Å². The zero-order valence-electron chi connectivity index (χ0n) is 8.74. The molecule has 0 radical (unpaired) electrons. The van der Waals surface area contributed by atoms with Crippen molar-refractivity contribution in [3.05, 3.63) is 0 Å². The highest BCUT2D eigenvalue weighted by atomic mass is 16.4. The van der Waals surface area contributed by atoms with Crippen LogP contribution < -0.4 is 5.23 Å². The SMILES string of the molecule is O=CBN[C@H](C(=O)O)C12CCC(CC1)C2. The first-order valence-corrected chi connectivity index (χ1v) is 5.58. The molecule has 0 spiro atoms. The van der Waals surface area contributed by atoms with Gasteiger partial charge in [-0.2, -0.15) is 0 Å². The first-order chi connectivity index (χ1) is 7.18. The molecule has 0 heterocycles. The Kier molecular flexibility index (Phi) is 2.82. The number of carbonyl (C=O) groups excluding carboxylic acids is 1. The number of carbonyl (C=O) groups is 2. The lowest BCUT2D eigenvalue weighted by atomic mass is 9.75. The van der Waals surface area contributed by atoms with Crippen molar-refractivity contribution in [3.8, 4) is 0 Å². The van der Waals surface area contributed by atoms with Crippen molar-refractivity contribution >= 4 is 19.6 Å². The summed E-state index contributed by atoms with van der Waals surface area (Å²) in [6.45, 7) is 0. The largest absolute Gasteiger partial charge is 0.480 e. The van der Waals surface area contributed by atoms with Crippen molar-refractivity contribution in [1.82, 2.24) is 5.23 Å². The van der Waals surface area contributed by atoms with Crippen LogP contribution in [0.1, 0.15) is 32.1 Å².